The van der Waals surface area contributed by atoms with Crippen molar-refractivity contribution < 1.29 is 9.59 Å². The van der Waals surface area contributed by atoms with Crippen LogP contribution in [0.25, 0.3) is 0 Å². The van der Waals surface area contributed by atoms with Gasteiger partial charge >= 0.3 is 6.03 Å². The van der Waals surface area contributed by atoms with Crippen molar-refractivity contribution in [2.75, 3.05) is 5.32 Å². The number of urea groups is 1. The number of hydrogen-bond acceptors (Lipinski definition) is 2. The zero-order chi connectivity index (χ0) is 15.8. The van der Waals surface area contributed by atoms with Gasteiger partial charge in [-0.2, -0.15) is 0 Å². The van der Waals surface area contributed by atoms with E-state index in [4.69, 9.17) is 5.73 Å². The van der Waals surface area contributed by atoms with Gasteiger partial charge in [0, 0.05) is 11.7 Å². The average Bonchev–Trinajstić information content (AvgIpc) is 2.38. The maximum Gasteiger partial charge on any atom is 0.319 e. The molecule has 1 atom stereocenters. The fraction of sp³-hybridized carbons (Fsp3) is 0.500. The summed E-state index contributed by atoms with van der Waals surface area (Å²) < 4.78 is 0. The Morgan fingerprint density at radius 3 is 2.43 bits per heavy atom. The highest BCUT2D eigenvalue weighted by Crippen LogP contribution is 2.15. The van der Waals surface area contributed by atoms with Crippen molar-refractivity contribution in [1.29, 1.82) is 0 Å². The van der Waals surface area contributed by atoms with Crippen molar-refractivity contribution in [2.24, 2.45) is 11.7 Å². The second kappa shape index (κ2) is 8.29. The van der Waals surface area contributed by atoms with E-state index >= 15 is 0 Å². The van der Waals surface area contributed by atoms with Crippen molar-refractivity contribution in [3.8, 4) is 0 Å². The number of para-hydroxylation sites is 1. The molecule has 5 heteroatoms. The average molecular weight is 291 g/mol. The second-order valence-corrected chi connectivity index (χ2v) is 5.77. The summed E-state index contributed by atoms with van der Waals surface area (Å²) in [6.07, 6.45) is 2.12. The van der Waals surface area contributed by atoms with Crippen LogP contribution in [0.1, 0.15) is 39.2 Å². The standard InChI is InChI=1S/C16H25N3O2/c1-11(2)8-9-12(3)18-16(21)19-14-7-5-4-6-13(14)10-15(17)20/h4-7,11-12H,8-10H2,1-3H3,(H2,17,20)(H2,18,19,21)/t12-/m1/s1. The lowest BCUT2D eigenvalue weighted by Gasteiger charge is -2.16. The van der Waals surface area contributed by atoms with E-state index in [9.17, 15) is 9.59 Å². The van der Waals surface area contributed by atoms with E-state index in [1.165, 1.54) is 0 Å². The fourth-order valence-corrected chi connectivity index (χ4v) is 2.02. The number of rotatable bonds is 7. The lowest BCUT2D eigenvalue weighted by atomic mass is 10.0. The van der Waals surface area contributed by atoms with Crippen LogP contribution in [0.3, 0.4) is 0 Å². The third-order valence-corrected chi connectivity index (χ3v) is 3.18. The Morgan fingerprint density at radius 1 is 1.14 bits per heavy atom. The van der Waals surface area contributed by atoms with Gasteiger partial charge in [0.25, 0.3) is 0 Å². The number of anilines is 1. The van der Waals surface area contributed by atoms with Crippen LogP contribution in [0, 0.1) is 5.92 Å². The Bertz CT molecular complexity index is 486. The van der Waals surface area contributed by atoms with Gasteiger partial charge in [-0.3, -0.25) is 4.79 Å². The lowest BCUT2D eigenvalue weighted by Crippen LogP contribution is -2.36. The molecule has 0 aromatic heterocycles. The number of primary amides is 1. The zero-order valence-electron chi connectivity index (χ0n) is 13.0. The Balaban J connectivity index is 2.56. The number of amides is 3. The second-order valence-electron chi connectivity index (χ2n) is 5.77. The molecule has 1 rings (SSSR count). The Morgan fingerprint density at radius 2 is 1.81 bits per heavy atom. The summed E-state index contributed by atoms with van der Waals surface area (Å²) in [6, 6.07) is 7.01. The first-order valence-corrected chi connectivity index (χ1v) is 7.32. The first kappa shape index (κ1) is 17.0. The number of nitrogens with one attached hydrogen (secondary N) is 2. The zero-order valence-corrected chi connectivity index (χ0v) is 13.0. The van der Waals surface area contributed by atoms with Crippen molar-refractivity contribution in [2.45, 2.75) is 46.1 Å². The fourth-order valence-electron chi connectivity index (χ4n) is 2.02. The molecule has 0 saturated heterocycles. The minimum Gasteiger partial charge on any atom is -0.369 e. The minimum absolute atomic E-state index is 0.107. The monoisotopic (exact) mass is 291 g/mol. The van der Waals surface area contributed by atoms with Gasteiger partial charge in [-0.05, 0) is 37.3 Å². The molecule has 4 N–H and O–H groups in total. The Kier molecular flexibility index (Phi) is 6.72. The van der Waals surface area contributed by atoms with E-state index in [1.807, 2.05) is 19.1 Å². The van der Waals surface area contributed by atoms with Crippen LogP contribution in [0.5, 0.6) is 0 Å². The van der Waals surface area contributed by atoms with Gasteiger partial charge in [-0.25, -0.2) is 4.79 Å². The first-order valence-electron chi connectivity index (χ1n) is 7.32. The van der Waals surface area contributed by atoms with Crippen LogP contribution in [0.2, 0.25) is 0 Å². The van der Waals surface area contributed by atoms with Gasteiger partial charge in [0.2, 0.25) is 5.91 Å². The van der Waals surface area contributed by atoms with Crippen LogP contribution >= 0.6 is 0 Å². The van der Waals surface area contributed by atoms with Crippen LogP contribution < -0.4 is 16.4 Å². The van der Waals surface area contributed by atoms with Crippen molar-refractivity contribution in [3.05, 3.63) is 29.8 Å². The van der Waals surface area contributed by atoms with Crippen molar-refractivity contribution >= 4 is 17.6 Å². The van der Waals surface area contributed by atoms with Crippen LogP contribution in [0.4, 0.5) is 10.5 Å². The third-order valence-electron chi connectivity index (χ3n) is 3.18. The molecule has 21 heavy (non-hydrogen) atoms. The van der Waals surface area contributed by atoms with Crippen LogP contribution in [-0.2, 0) is 11.2 Å². The van der Waals surface area contributed by atoms with E-state index in [1.54, 1.807) is 12.1 Å². The van der Waals surface area contributed by atoms with E-state index in [0.29, 0.717) is 11.6 Å². The van der Waals surface area contributed by atoms with Gasteiger partial charge in [0.1, 0.15) is 0 Å². The molecular weight excluding hydrogens is 266 g/mol. The molecule has 0 heterocycles. The molecule has 0 aliphatic heterocycles. The topological polar surface area (TPSA) is 84.2 Å². The van der Waals surface area contributed by atoms with Gasteiger partial charge < -0.3 is 16.4 Å². The van der Waals surface area contributed by atoms with E-state index in [-0.39, 0.29) is 18.5 Å². The number of benzene rings is 1. The third kappa shape index (κ3) is 6.79. The van der Waals surface area contributed by atoms with E-state index in [0.717, 1.165) is 18.4 Å². The maximum absolute atomic E-state index is 12.0. The van der Waals surface area contributed by atoms with Gasteiger partial charge in [0.15, 0.2) is 0 Å². The number of hydrogen-bond donors (Lipinski definition) is 3. The molecular formula is C16H25N3O2. The molecule has 0 saturated carbocycles. The number of nitrogens with two attached hydrogens (primary N) is 1. The quantitative estimate of drug-likeness (QED) is 0.721. The maximum atomic E-state index is 12.0. The van der Waals surface area contributed by atoms with E-state index < -0.39 is 5.91 Å². The predicted octanol–water partition coefficient (Wildman–Crippen LogP) is 2.66. The molecule has 0 radical (unpaired) electrons. The molecule has 0 spiro atoms. The molecule has 1 aromatic rings. The van der Waals surface area contributed by atoms with Crippen LogP contribution in [-0.4, -0.2) is 18.0 Å². The summed E-state index contributed by atoms with van der Waals surface area (Å²) in [7, 11) is 0. The minimum atomic E-state index is -0.421. The summed E-state index contributed by atoms with van der Waals surface area (Å²) in [5.74, 6) is 0.198. The molecule has 0 fully saturated rings. The normalized spacial score (nSPS) is 12.0. The van der Waals surface area contributed by atoms with Crippen molar-refractivity contribution in [3.63, 3.8) is 0 Å². The van der Waals surface area contributed by atoms with Gasteiger partial charge in [0.05, 0.1) is 6.42 Å². The molecule has 0 bridgehead atoms. The SMILES string of the molecule is CC(C)CC[C@@H](C)NC(=O)Nc1ccccc1CC(N)=O. The Hall–Kier alpha value is -2.04. The first-order chi connectivity index (χ1) is 9.88. The molecule has 1 aromatic carbocycles. The largest absolute Gasteiger partial charge is 0.369 e. The smallest absolute Gasteiger partial charge is 0.319 e. The molecule has 0 aliphatic rings. The molecule has 0 unspecified atom stereocenters. The Labute approximate surface area is 126 Å². The highest BCUT2D eigenvalue weighted by atomic mass is 16.2. The van der Waals surface area contributed by atoms with Crippen molar-refractivity contribution in [1.82, 2.24) is 5.32 Å². The number of carbonyl (C=O) groups excluding carboxylic acids is 2. The highest BCUT2D eigenvalue weighted by molar-refractivity contribution is 5.91. The summed E-state index contributed by atoms with van der Waals surface area (Å²) in [5, 5.41) is 5.67. The molecule has 0 aliphatic carbocycles. The molecule has 5 nitrogen and oxygen atoms in total. The summed E-state index contributed by atoms with van der Waals surface area (Å²) in [6.45, 7) is 6.30. The highest BCUT2D eigenvalue weighted by Gasteiger charge is 2.11. The molecule has 116 valence electrons. The van der Waals surface area contributed by atoms with Gasteiger partial charge in [-0.1, -0.05) is 32.0 Å². The summed E-state index contributed by atoms with van der Waals surface area (Å²) in [5.41, 5.74) is 6.54. The van der Waals surface area contributed by atoms with Crippen LogP contribution in [0.15, 0.2) is 24.3 Å². The molecule has 3 amide bonds. The summed E-state index contributed by atoms with van der Waals surface area (Å²) in [4.78, 5) is 23.0. The van der Waals surface area contributed by atoms with Gasteiger partial charge in [-0.15, -0.1) is 0 Å². The number of carbonyl (C=O) groups is 2. The predicted molar refractivity (Wildman–Crippen MR) is 85.0 cm³/mol. The lowest BCUT2D eigenvalue weighted by molar-refractivity contribution is -0.117. The summed E-state index contributed by atoms with van der Waals surface area (Å²) >= 11 is 0. The van der Waals surface area contributed by atoms with E-state index in [2.05, 4.69) is 24.5 Å².